The summed E-state index contributed by atoms with van der Waals surface area (Å²) >= 11 is 0. The Hall–Kier alpha value is -1.59. The summed E-state index contributed by atoms with van der Waals surface area (Å²) in [5.41, 5.74) is 1.11. The highest BCUT2D eigenvalue weighted by molar-refractivity contribution is 5.05. The Bertz CT molecular complexity index is 436. The number of furan rings is 1. The summed E-state index contributed by atoms with van der Waals surface area (Å²) in [5, 5.41) is 17.1. The van der Waals surface area contributed by atoms with E-state index in [1.54, 1.807) is 18.4 Å². The van der Waals surface area contributed by atoms with Gasteiger partial charge in [0.2, 0.25) is 0 Å². The average Bonchev–Trinajstić information content (AvgIpc) is 3.00. The molecular formula is C12H17N3O2. The summed E-state index contributed by atoms with van der Waals surface area (Å²) in [7, 11) is 0. The molecule has 5 nitrogen and oxygen atoms in total. The van der Waals surface area contributed by atoms with Crippen LogP contribution < -0.4 is 5.32 Å². The zero-order valence-corrected chi connectivity index (χ0v) is 9.84. The van der Waals surface area contributed by atoms with Crippen LogP contribution in [0.4, 0.5) is 0 Å². The lowest BCUT2D eigenvalue weighted by Gasteiger charge is -2.08. The molecule has 0 amide bonds. The molecule has 2 aromatic heterocycles. The number of nitrogens with zero attached hydrogens (tertiary/aromatic N) is 2. The molecule has 5 heteroatoms. The zero-order valence-electron chi connectivity index (χ0n) is 9.84. The van der Waals surface area contributed by atoms with Crippen LogP contribution in [0.1, 0.15) is 24.4 Å². The van der Waals surface area contributed by atoms with E-state index in [-0.39, 0.29) is 0 Å². The molecule has 0 saturated heterocycles. The number of nitrogens with one attached hydrogen (secondary N) is 1. The SMILES string of the molecule is CCn1cc(CNC[C@H](O)c2ccco2)cn1. The van der Waals surface area contributed by atoms with Gasteiger partial charge in [0.25, 0.3) is 0 Å². The van der Waals surface area contributed by atoms with Gasteiger partial charge in [-0.2, -0.15) is 5.10 Å². The maximum atomic E-state index is 9.76. The Morgan fingerprint density at radius 3 is 3.12 bits per heavy atom. The van der Waals surface area contributed by atoms with E-state index in [0.717, 1.165) is 12.1 Å². The first-order valence-electron chi connectivity index (χ1n) is 5.73. The minimum absolute atomic E-state index is 0.463. The van der Waals surface area contributed by atoms with E-state index >= 15 is 0 Å². The van der Waals surface area contributed by atoms with Crippen LogP contribution in [0.2, 0.25) is 0 Å². The van der Waals surface area contributed by atoms with Crippen LogP contribution >= 0.6 is 0 Å². The van der Waals surface area contributed by atoms with Gasteiger partial charge in [-0.1, -0.05) is 0 Å². The number of aryl methyl sites for hydroxylation is 1. The Kier molecular flexibility index (Phi) is 3.95. The largest absolute Gasteiger partial charge is 0.467 e. The summed E-state index contributed by atoms with van der Waals surface area (Å²) in [6.45, 7) is 4.07. The van der Waals surface area contributed by atoms with E-state index in [0.29, 0.717) is 18.8 Å². The molecule has 1 atom stereocenters. The van der Waals surface area contributed by atoms with Crippen molar-refractivity contribution in [2.24, 2.45) is 0 Å². The van der Waals surface area contributed by atoms with Gasteiger partial charge in [0.1, 0.15) is 11.9 Å². The highest BCUT2D eigenvalue weighted by Crippen LogP contribution is 2.11. The Balaban J connectivity index is 1.76. The molecule has 0 aliphatic heterocycles. The monoisotopic (exact) mass is 235 g/mol. The summed E-state index contributed by atoms with van der Waals surface area (Å²) in [4.78, 5) is 0. The molecule has 2 N–H and O–H groups in total. The first-order valence-corrected chi connectivity index (χ1v) is 5.73. The third-order valence-corrected chi connectivity index (χ3v) is 2.55. The highest BCUT2D eigenvalue weighted by atomic mass is 16.4. The molecular weight excluding hydrogens is 218 g/mol. The fourth-order valence-electron chi connectivity index (χ4n) is 1.61. The molecule has 2 rings (SSSR count). The minimum Gasteiger partial charge on any atom is -0.467 e. The molecule has 0 aromatic carbocycles. The fourth-order valence-corrected chi connectivity index (χ4v) is 1.61. The van der Waals surface area contributed by atoms with Gasteiger partial charge >= 0.3 is 0 Å². The van der Waals surface area contributed by atoms with Crippen molar-refractivity contribution in [2.45, 2.75) is 26.1 Å². The first-order chi connectivity index (χ1) is 8.29. The van der Waals surface area contributed by atoms with Gasteiger partial charge in [0.15, 0.2) is 0 Å². The van der Waals surface area contributed by atoms with Crippen LogP contribution in [0, 0.1) is 0 Å². The molecule has 17 heavy (non-hydrogen) atoms. The van der Waals surface area contributed by atoms with Crippen LogP contribution in [0.15, 0.2) is 35.2 Å². The fraction of sp³-hybridized carbons (Fsp3) is 0.417. The minimum atomic E-state index is -0.605. The van der Waals surface area contributed by atoms with Crippen molar-refractivity contribution >= 4 is 0 Å². The second kappa shape index (κ2) is 5.65. The number of hydrogen-bond donors (Lipinski definition) is 2. The van der Waals surface area contributed by atoms with Gasteiger partial charge in [0, 0.05) is 31.4 Å². The van der Waals surface area contributed by atoms with Crippen molar-refractivity contribution < 1.29 is 9.52 Å². The maximum Gasteiger partial charge on any atom is 0.133 e. The first kappa shape index (κ1) is 11.9. The zero-order chi connectivity index (χ0) is 12.1. The van der Waals surface area contributed by atoms with E-state index in [1.165, 1.54) is 0 Å². The van der Waals surface area contributed by atoms with Crippen molar-refractivity contribution in [3.8, 4) is 0 Å². The second-order valence-corrected chi connectivity index (χ2v) is 3.87. The molecule has 0 spiro atoms. The molecule has 0 saturated carbocycles. The highest BCUT2D eigenvalue weighted by Gasteiger charge is 2.09. The van der Waals surface area contributed by atoms with E-state index in [4.69, 9.17) is 4.42 Å². The van der Waals surface area contributed by atoms with Gasteiger partial charge in [-0.3, -0.25) is 4.68 Å². The molecule has 0 bridgehead atoms. The van der Waals surface area contributed by atoms with Crippen LogP contribution in [0.3, 0.4) is 0 Å². The average molecular weight is 235 g/mol. The van der Waals surface area contributed by atoms with Crippen LogP contribution in [-0.4, -0.2) is 21.4 Å². The molecule has 0 unspecified atom stereocenters. The maximum absolute atomic E-state index is 9.76. The molecule has 2 heterocycles. The summed E-state index contributed by atoms with van der Waals surface area (Å²) in [6.07, 6.45) is 4.78. The lowest BCUT2D eigenvalue weighted by Crippen LogP contribution is -2.20. The molecule has 0 radical (unpaired) electrons. The normalized spacial score (nSPS) is 12.8. The lowest BCUT2D eigenvalue weighted by molar-refractivity contribution is 0.147. The number of aliphatic hydroxyl groups excluding tert-OH is 1. The number of rotatable bonds is 6. The predicted octanol–water partition coefficient (Wildman–Crippen LogP) is 1.32. The van der Waals surface area contributed by atoms with Crippen LogP contribution in [0.25, 0.3) is 0 Å². The van der Waals surface area contributed by atoms with E-state index in [2.05, 4.69) is 10.4 Å². The van der Waals surface area contributed by atoms with Crippen molar-refractivity contribution in [1.82, 2.24) is 15.1 Å². The molecule has 92 valence electrons. The van der Waals surface area contributed by atoms with Gasteiger partial charge in [-0.25, -0.2) is 0 Å². The van der Waals surface area contributed by atoms with E-state index in [9.17, 15) is 5.11 Å². The van der Waals surface area contributed by atoms with Crippen LogP contribution in [0.5, 0.6) is 0 Å². The summed E-state index contributed by atoms with van der Waals surface area (Å²) < 4.78 is 6.99. The van der Waals surface area contributed by atoms with E-state index < -0.39 is 6.10 Å². The third-order valence-electron chi connectivity index (χ3n) is 2.55. The quantitative estimate of drug-likeness (QED) is 0.792. The van der Waals surface area contributed by atoms with Gasteiger partial charge < -0.3 is 14.8 Å². The second-order valence-electron chi connectivity index (χ2n) is 3.87. The molecule has 0 aliphatic carbocycles. The smallest absolute Gasteiger partial charge is 0.133 e. The molecule has 0 fully saturated rings. The summed E-state index contributed by atoms with van der Waals surface area (Å²) in [6, 6.07) is 3.53. The van der Waals surface area contributed by atoms with Gasteiger partial charge in [0.05, 0.1) is 12.5 Å². The van der Waals surface area contributed by atoms with Crippen molar-refractivity contribution in [1.29, 1.82) is 0 Å². The van der Waals surface area contributed by atoms with Crippen molar-refractivity contribution in [3.63, 3.8) is 0 Å². The third kappa shape index (κ3) is 3.18. The number of hydrogen-bond acceptors (Lipinski definition) is 4. The topological polar surface area (TPSA) is 63.2 Å². The van der Waals surface area contributed by atoms with Crippen molar-refractivity contribution in [3.05, 3.63) is 42.1 Å². The predicted molar refractivity (Wildman–Crippen MR) is 63.3 cm³/mol. The lowest BCUT2D eigenvalue weighted by atomic mass is 10.2. The standard InChI is InChI=1S/C12H17N3O2/c1-2-15-9-10(7-14-15)6-13-8-11(16)12-4-3-5-17-12/h3-5,7,9,11,13,16H,2,6,8H2,1H3/t11-/m0/s1. The molecule has 2 aromatic rings. The van der Waals surface area contributed by atoms with Gasteiger partial charge in [-0.05, 0) is 19.1 Å². The van der Waals surface area contributed by atoms with Crippen LogP contribution in [-0.2, 0) is 13.1 Å². The van der Waals surface area contributed by atoms with Crippen molar-refractivity contribution in [2.75, 3.05) is 6.54 Å². The molecule has 0 aliphatic rings. The summed E-state index contributed by atoms with van der Waals surface area (Å²) in [5.74, 6) is 0.585. The Morgan fingerprint density at radius 1 is 1.59 bits per heavy atom. The van der Waals surface area contributed by atoms with Gasteiger partial charge in [-0.15, -0.1) is 0 Å². The Labute approximate surface area is 100 Å². The number of aromatic nitrogens is 2. The Morgan fingerprint density at radius 2 is 2.47 bits per heavy atom. The number of aliphatic hydroxyl groups is 1. The van der Waals surface area contributed by atoms with E-state index in [1.807, 2.05) is 24.0 Å².